The number of rotatable bonds is 3. The second-order valence-electron chi connectivity index (χ2n) is 6.48. The van der Waals surface area contributed by atoms with Crippen LogP contribution in [0.15, 0.2) is 0 Å². The Morgan fingerprint density at radius 2 is 1.94 bits per heavy atom. The van der Waals surface area contributed by atoms with Crippen molar-refractivity contribution >= 4 is 5.78 Å². The fourth-order valence-electron chi connectivity index (χ4n) is 4.44. The van der Waals surface area contributed by atoms with Gasteiger partial charge in [-0.1, -0.05) is 32.1 Å². The van der Waals surface area contributed by atoms with Crippen molar-refractivity contribution in [3.8, 4) is 6.07 Å². The minimum absolute atomic E-state index is 0.0450. The summed E-state index contributed by atoms with van der Waals surface area (Å²) in [6, 6.07) is 2.39. The third kappa shape index (κ3) is 1.71. The van der Waals surface area contributed by atoms with Crippen molar-refractivity contribution in [2.24, 2.45) is 23.2 Å². The van der Waals surface area contributed by atoms with Crippen molar-refractivity contribution in [2.45, 2.75) is 57.8 Å². The third-order valence-corrected chi connectivity index (χ3v) is 5.45. The molecule has 4 fully saturated rings. The lowest BCUT2D eigenvalue weighted by Gasteiger charge is -2.39. The Balaban J connectivity index is 1.64. The summed E-state index contributed by atoms with van der Waals surface area (Å²) in [7, 11) is 0. The summed E-state index contributed by atoms with van der Waals surface area (Å²) in [5.41, 5.74) is -0.184. The first-order valence-electron chi connectivity index (χ1n) is 7.17. The highest BCUT2D eigenvalue weighted by Gasteiger charge is 2.61. The molecule has 0 aliphatic heterocycles. The van der Waals surface area contributed by atoms with Crippen LogP contribution >= 0.6 is 0 Å². The third-order valence-electron chi connectivity index (χ3n) is 5.45. The summed E-state index contributed by atoms with van der Waals surface area (Å²) < 4.78 is 0. The van der Waals surface area contributed by atoms with Crippen LogP contribution in [-0.4, -0.2) is 5.78 Å². The Kier molecular flexibility index (Phi) is 2.73. The molecule has 92 valence electrons. The maximum atomic E-state index is 12.5. The van der Waals surface area contributed by atoms with Crippen LogP contribution in [0.25, 0.3) is 0 Å². The van der Waals surface area contributed by atoms with Gasteiger partial charge in [0.1, 0.15) is 5.78 Å². The van der Waals surface area contributed by atoms with Crippen LogP contribution in [0, 0.1) is 34.5 Å². The predicted octanol–water partition coefficient (Wildman–Crippen LogP) is 3.47. The minimum Gasteiger partial charge on any atom is -0.299 e. The lowest BCUT2D eigenvalue weighted by molar-refractivity contribution is -0.135. The predicted molar refractivity (Wildman–Crippen MR) is 65.1 cm³/mol. The molecule has 0 aromatic carbocycles. The van der Waals surface area contributed by atoms with Crippen LogP contribution < -0.4 is 0 Å². The van der Waals surface area contributed by atoms with Gasteiger partial charge in [0.15, 0.2) is 0 Å². The first kappa shape index (κ1) is 11.3. The highest BCUT2D eigenvalue weighted by molar-refractivity contribution is 5.87. The molecule has 0 spiro atoms. The number of nitriles is 1. The molecule has 1 atom stereocenters. The number of ketones is 1. The van der Waals surface area contributed by atoms with Crippen molar-refractivity contribution in [3.63, 3.8) is 0 Å². The average Bonchev–Trinajstić information content (AvgIpc) is 2.84. The number of Topliss-reactive ketones (excluding diaryl/α,β-unsaturated/α-hetero) is 1. The molecule has 2 heteroatoms. The largest absolute Gasteiger partial charge is 0.299 e. The van der Waals surface area contributed by atoms with Crippen LogP contribution in [0.1, 0.15) is 57.8 Å². The van der Waals surface area contributed by atoms with E-state index in [2.05, 4.69) is 6.07 Å². The SMILES string of the molecule is N#CC1CC2CC1(C(=O)CC1CCCCC1)C2. The molecular formula is C15H21NO. The van der Waals surface area contributed by atoms with Gasteiger partial charge in [-0.15, -0.1) is 0 Å². The Morgan fingerprint density at radius 3 is 2.59 bits per heavy atom. The van der Waals surface area contributed by atoms with Crippen LogP contribution in [-0.2, 0) is 4.79 Å². The molecule has 0 aromatic rings. The number of hydrogen-bond donors (Lipinski definition) is 0. The highest BCUT2D eigenvalue weighted by atomic mass is 16.1. The molecule has 17 heavy (non-hydrogen) atoms. The summed E-state index contributed by atoms with van der Waals surface area (Å²) >= 11 is 0. The van der Waals surface area contributed by atoms with E-state index < -0.39 is 0 Å². The standard InChI is InChI=1S/C15H21NO/c16-10-13-6-12-8-15(13,9-12)14(17)7-11-4-2-1-3-5-11/h11-13H,1-9H2. The summed E-state index contributed by atoms with van der Waals surface area (Å²) in [6.45, 7) is 0. The van der Waals surface area contributed by atoms with Gasteiger partial charge >= 0.3 is 0 Å². The molecule has 2 bridgehead atoms. The Hall–Kier alpha value is -0.840. The molecule has 0 heterocycles. The summed E-state index contributed by atoms with van der Waals surface area (Å²) in [5.74, 6) is 1.80. The Labute approximate surface area is 103 Å². The monoisotopic (exact) mass is 231 g/mol. The first-order chi connectivity index (χ1) is 8.24. The fraction of sp³-hybridized carbons (Fsp3) is 0.867. The van der Waals surface area contributed by atoms with Crippen molar-refractivity contribution < 1.29 is 4.79 Å². The van der Waals surface area contributed by atoms with Gasteiger partial charge in [0.25, 0.3) is 0 Å². The van der Waals surface area contributed by atoms with E-state index in [1.54, 1.807) is 0 Å². The normalized spacial score (nSPS) is 40.6. The van der Waals surface area contributed by atoms with Crippen LogP contribution in [0.3, 0.4) is 0 Å². The zero-order chi connectivity index (χ0) is 11.9. The maximum absolute atomic E-state index is 12.5. The van der Waals surface area contributed by atoms with Gasteiger partial charge in [0, 0.05) is 11.8 Å². The van der Waals surface area contributed by atoms with E-state index in [9.17, 15) is 10.1 Å². The lowest BCUT2D eigenvalue weighted by atomic mass is 9.62. The zero-order valence-electron chi connectivity index (χ0n) is 10.5. The molecule has 0 N–H and O–H groups in total. The van der Waals surface area contributed by atoms with E-state index in [1.807, 2.05) is 0 Å². The van der Waals surface area contributed by atoms with Crippen molar-refractivity contribution in [2.75, 3.05) is 0 Å². The smallest absolute Gasteiger partial charge is 0.140 e. The van der Waals surface area contributed by atoms with Gasteiger partial charge < -0.3 is 0 Å². The molecule has 2 nitrogen and oxygen atoms in total. The average molecular weight is 231 g/mol. The molecule has 0 amide bonds. The first-order valence-corrected chi connectivity index (χ1v) is 7.17. The molecule has 0 aromatic heterocycles. The topological polar surface area (TPSA) is 40.9 Å². The maximum Gasteiger partial charge on any atom is 0.140 e. The highest BCUT2D eigenvalue weighted by Crippen LogP contribution is 2.63. The van der Waals surface area contributed by atoms with E-state index in [-0.39, 0.29) is 11.3 Å². The summed E-state index contributed by atoms with van der Waals surface area (Å²) in [5, 5.41) is 9.18. The fourth-order valence-corrected chi connectivity index (χ4v) is 4.44. The Bertz CT molecular complexity index is 356. The number of hydrogen-bond acceptors (Lipinski definition) is 2. The van der Waals surface area contributed by atoms with Crippen molar-refractivity contribution in [1.82, 2.24) is 0 Å². The molecule has 1 unspecified atom stereocenters. The van der Waals surface area contributed by atoms with E-state index in [0.717, 1.165) is 25.7 Å². The van der Waals surface area contributed by atoms with Crippen molar-refractivity contribution in [1.29, 1.82) is 5.26 Å². The van der Waals surface area contributed by atoms with Gasteiger partial charge in [-0.25, -0.2) is 0 Å². The molecule has 0 saturated heterocycles. The lowest BCUT2D eigenvalue weighted by Crippen LogP contribution is -2.41. The number of nitrogens with zero attached hydrogens (tertiary/aromatic N) is 1. The summed E-state index contributed by atoms with van der Waals surface area (Å²) in [4.78, 5) is 12.5. The van der Waals surface area contributed by atoms with Crippen LogP contribution in [0.5, 0.6) is 0 Å². The van der Waals surface area contributed by atoms with Gasteiger partial charge in [-0.05, 0) is 31.1 Å². The zero-order valence-corrected chi connectivity index (χ0v) is 10.5. The van der Waals surface area contributed by atoms with E-state index in [1.165, 1.54) is 32.1 Å². The number of carbonyl (C=O) groups is 1. The van der Waals surface area contributed by atoms with E-state index in [0.29, 0.717) is 17.6 Å². The molecule has 4 aliphatic carbocycles. The van der Waals surface area contributed by atoms with Gasteiger partial charge in [-0.2, -0.15) is 5.26 Å². The molecule has 4 rings (SSSR count). The molecule has 0 radical (unpaired) electrons. The molecular weight excluding hydrogens is 210 g/mol. The van der Waals surface area contributed by atoms with Gasteiger partial charge in [0.05, 0.1) is 12.0 Å². The number of fused-ring (bicyclic) bond motifs is 1. The van der Waals surface area contributed by atoms with Crippen LogP contribution in [0.4, 0.5) is 0 Å². The quantitative estimate of drug-likeness (QED) is 0.746. The van der Waals surface area contributed by atoms with Crippen LogP contribution in [0.2, 0.25) is 0 Å². The van der Waals surface area contributed by atoms with Gasteiger partial charge in [0.2, 0.25) is 0 Å². The second-order valence-corrected chi connectivity index (χ2v) is 6.48. The van der Waals surface area contributed by atoms with Gasteiger partial charge in [-0.3, -0.25) is 4.79 Å². The number of carbonyl (C=O) groups excluding carboxylic acids is 1. The van der Waals surface area contributed by atoms with Crippen molar-refractivity contribution in [3.05, 3.63) is 0 Å². The van der Waals surface area contributed by atoms with E-state index in [4.69, 9.17) is 0 Å². The molecule has 4 aliphatic rings. The molecule has 4 saturated carbocycles. The Morgan fingerprint density at radius 1 is 1.24 bits per heavy atom. The van der Waals surface area contributed by atoms with E-state index >= 15 is 0 Å². The minimum atomic E-state index is -0.184. The second kappa shape index (κ2) is 4.12. The summed E-state index contributed by atoms with van der Waals surface area (Å²) in [6.07, 6.45) is 10.2.